The number of carbonyl (C=O) groups is 1. The third-order valence-electron chi connectivity index (χ3n) is 3.17. The Morgan fingerprint density at radius 2 is 2.15 bits per heavy atom. The van der Waals surface area contributed by atoms with Gasteiger partial charge >= 0.3 is 6.03 Å². The van der Waals surface area contributed by atoms with E-state index in [-0.39, 0.29) is 6.03 Å². The van der Waals surface area contributed by atoms with Crippen LogP contribution in [0.5, 0.6) is 5.75 Å². The number of amides is 2. The molecule has 0 aliphatic rings. The van der Waals surface area contributed by atoms with E-state index in [2.05, 4.69) is 24.5 Å². The lowest BCUT2D eigenvalue weighted by molar-refractivity contribution is 0.244. The summed E-state index contributed by atoms with van der Waals surface area (Å²) in [6, 6.07) is 7.67. The molecule has 4 heteroatoms. The summed E-state index contributed by atoms with van der Waals surface area (Å²) in [6.07, 6.45) is 2.53. The molecule has 1 aromatic carbocycles. The quantitative estimate of drug-likeness (QED) is 0.839. The zero-order valence-corrected chi connectivity index (χ0v) is 12.7. The molecule has 1 aromatic rings. The summed E-state index contributed by atoms with van der Waals surface area (Å²) in [5, 5.41) is 5.56. The molecule has 1 rings (SSSR count). The Morgan fingerprint density at radius 1 is 1.40 bits per heavy atom. The van der Waals surface area contributed by atoms with Gasteiger partial charge in [-0.1, -0.05) is 31.6 Å². The normalized spacial score (nSPS) is 11.3. The monoisotopic (exact) mass is 276 g/mol. The number of allylic oxidation sites excluding steroid dienone is 1. The summed E-state index contributed by atoms with van der Waals surface area (Å²) in [6.45, 7) is 6.77. The molecule has 110 valence electrons. The van der Waals surface area contributed by atoms with Crippen LogP contribution in [0.15, 0.2) is 36.0 Å². The second-order valence-corrected chi connectivity index (χ2v) is 5.04. The summed E-state index contributed by atoms with van der Waals surface area (Å²) >= 11 is 0. The van der Waals surface area contributed by atoms with Crippen molar-refractivity contribution < 1.29 is 9.53 Å². The molecular weight excluding hydrogens is 252 g/mol. The maximum Gasteiger partial charge on any atom is 0.318 e. The van der Waals surface area contributed by atoms with Gasteiger partial charge < -0.3 is 15.4 Å². The maximum atomic E-state index is 11.6. The number of benzene rings is 1. The van der Waals surface area contributed by atoms with E-state index < -0.39 is 0 Å². The maximum absolute atomic E-state index is 11.6. The van der Waals surface area contributed by atoms with Crippen LogP contribution in [0.4, 0.5) is 4.79 Å². The van der Waals surface area contributed by atoms with E-state index >= 15 is 0 Å². The van der Waals surface area contributed by atoms with Gasteiger partial charge in [0.15, 0.2) is 0 Å². The molecule has 0 heterocycles. The molecule has 0 saturated carbocycles. The molecule has 20 heavy (non-hydrogen) atoms. The van der Waals surface area contributed by atoms with Crippen LogP contribution in [0.3, 0.4) is 0 Å². The van der Waals surface area contributed by atoms with E-state index in [1.807, 2.05) is 31.2 Å². The SMILES string of the molecule is COc1cccc(CCNC(=O)N/C=C(\C)C(C)C)c1. The van der Waals surface area contributed by atoms with Crippen LogP contribution < -0.4 is 15.4 Å². The van der Waals surface area contributed by atoms with Crippen LogP contribution in [0.1, 0.15) is 26.3 Å². The molecule has 2 N–H and O–H groups in total. The van der Waals surface area contributed by atoms with Crippen molar-refractivity contribution in [3.63, 3.8) is 0 Å². The minimum absolute atomic E-state index is 0.173. The summed E-state index contributed by atoms with van der Waals surface area (Å²) in [4.78, 5) is 11.6. The first-order valence-electron chi connectivity index (χ1n) is 6.87. The van der Waals surface area contributed by atoms with Gasteiger partial charge in [0.25, 0.3) is 0 Å². The molecule has 0 bridgehead atoms. The number of ether oxygens (including phenoxy) is 1. The highest BCUT2D eigenvalue weighted by Crippen LogP contribution is 2.12. The number of carbonyl (C=O) groups excluding carboxylic acids is 1. The zero-order valence-electron chi connectivity index (χ0n) is 12.7. The van der Waals surface area contributed by atoms with Crippen molar-refractivity contribution in [3.8, 4) is 5.75 Å². The smallest absolute Gasteiger partial charge is 0.318 e. The van der Waals surface area contributed by atoms with Gasteiger partial charge in [0.05, 0.1) is 7.11 Å². The molecule has 0 aliphatic heterocycles. The summed E-state index contributed by atoms with van der Waals surface area (Å²) in [5.41, 5.74) is 2.28. The van der Waals surface area contributed by atoms with Gasteiger partial charge in [-0.25, -0.2) is 4.79 Å². The molecule has 4 nitrogen and oxygen atoms in total. The number of methoxy groups -OCH3 is 1. The first-order valence-corrected chi connectivity index (χ1v) is 6.87. The molecule has 0 fully saturated rings. The van der Waals surface area contributed by atoms with E-state index in [4.69, 9.17) is 4.74 Å². The van der Waals surface area contributed by atoms with Gasteiger partial charge in [0.2, 0.25) is 0 Å². The zero-order chi connectivity index (χ0) is 15.0. The van der Waals surface area contributed by atoms with E-state index in [9.17, 15) is 4.79 Å². The number of hydrogen-bond acceptors (Lipinski definition) is 2. The van der Waals surface area contributed by atoms with Gasteiger partial charge in [-0.15, -0.1) is 0 Å². The second kappa shape index (κ2) is 8.25. The predicted octanol–water partition coefficient (Wildman–Crippen LogP) is 3.10. The van der Waals surface area contributed by atoms with Gasteiger partial charge in [0.1, 0.15) is 5.75 Å². The van der Waals surface area contributed by atoms with Crippen molar-refractivity contribution in [2.45, 2.75) is 27.2 Å². The summed E-state index contributed by atoms with van der Waals surface area (Å²) < 4.78 is 5.16. The first kappa shape index (κ1) is 16.1. The molecule has 0 aromatic heterocycles. The largest absolute Gasteiger partial charge is 0.497 e. The predicted molar refractivity (Wildman–Crippen MR) is 81.8 cm³/mol. The van der Waals surface area contributed by atoms with Crippen molar-refractivity contribution in [2.24, 2.45) is 5.92 Å². The van der Waals surface area contributed by atoms with E-state index in [0.717, 1.165) is 23.3 Å². The number of urea groups is 1. The standard InChI is InChI=1S/C16H24N2O2/c1-12(2)13(3)11-18-16(19)17-9-8-14-6-5-7-15(10-14)20-4/h5-7,10-12H,8-9H2,1-4H3,(H2,17,18,19)/b13-11+. The Bertz CT molecular complexity index is 467. The van der Waals surface area contributed by atoms with Crippen LogP contribution in [0.25, 0.3) is 0 Å². The Labute approximate surface area is 121 Å². The van der Waals surface area contributed by atoms with Crippen molar-refractivity contribution in [1.29, 1.82) is 0 Å². The molecule has 0 aliphatic carbocycles. The van der Waals surface area contributed by atoms with Crippen molar-refractivity contribution in [1.82, 2.24) is 10.6 Å². The van der Waals surface area contributed by atoms with Gasteiger partial charge in [-0.05, 0) is 37.0 Å². The molecule has 0 atom stereocenters. The first-order chi connectivity index (χ1) is 9.52. The molecule has 0 spiro atoms. The third kappa shape index (κ3) is 5.78. The Morgan fingerprint density at radius 3 is 2.80 bits per heavy atom. The van der Waals surface area contributed by atoms with Crippen LogP contribution >= 0.6 is 0 Å². The van der Waals surface area contributed by atoms with Crippen molar-refractivity contribution in [2.75, 3.05) is 13.7 Å². The lowest BCUT2D eigenvalue weighted by atomic mass is 10.1. The number of rotatable bonds is 6. The van der Waals surface area contributed by atoms with Crippen LogP contribution in [0.2, 0.25) is 0 Å². The molecule has 0 radical (unpaired) electrons. The molecule has 2 amide bonds. The number of nitrogens with one attached hydrogen (secondary N) is 2. The topological polar surface area (TPSA) is 50.4 Å². The molecule has 0 unspecified atom stereocenters. The Kier molecular flexibility index (Phi) is 6.64. The number of hydrogen-bond donors (Lipinski definition) is 2. The average Bonchev–Trinajstić information content (AvgIpc) is 2.44. The highest BCUT2D eigenvalue weighted by molar-refractivity contribution is 5.74. The Balaban J connectivity index is 2.33. The van der Waals surface area contributed by atoms with E-state index in [0.29, 0.717) is 12.5 Å². The molecular formula is C16H24N2O2. The van der Waals surface area contributed by atoms with E-state index in [1.54, 1.807) is 13.3 Å². The minimum Gasteiger partial charge on any atom is -0.497 e. The van der Waals surface area contributed by atoms with Crippen LogP contribution in [0, 0.1) is 5.92 Å². The highest BCUT2D eigenvalue weighted by atomic mass is 16.5. The van der Waals surface area contributed by atoms with Gasteiger partial charge in [0, 0.05) is 12.7 Å². The fourth-order valence-corrected chi connectivity index (χ4v) is 1.55. The lowest BCUT2D eigenvalue weighted by Crippen LogP contribution is -2.33. The second-order valence-electron chi connectivity index (χ2n) is 5.04. The summed E-state index contributed by atoms with van der Waals surface area (Å²) in [5.74, 6) is 1.27. The van der Waals surface area contributed by atoms with Crippen LogP contribution in [-0.2, 0) is 6.42 Å². The van der Waals surface area contributed by atoms with Gasteiger partial charge in [-0.3, -0.25) is 0 Å². The molecule has 0 saturated heterocycles. The third-order valence-corrected chi connectivity index (χ3v) is 3.17. The van der Waals surface area contributed by atoms with Crippen molar-refractivity contribution >= 4 is 6.03 Å². The minimum atomic E-state index is -0.173. The lowest BCUT2D eigenvalue weighted by Gasteiger charge is -2.08. The average molecular weight is 276 g/mol. The van der Waals surface area contributed by atoms with Crippen LogP contribution in [-0.4, -0.2) is 19.7 Å². The summed E-state index contributed by atoms with van der Waals surface area (Å²) in [7, 11) is 1.65. The Hall–Kier alpha value is -1.97. The van der Waals surface area contributed by atoms with Crippen molar-refractivity contribution in [3.05, 3.63) is 41.6 Å². The highest BCUT2D eigenvalue weighted by Gasteiger charge is 2.01. The fourth-order valence-electron chi connectivity index (χ4n) is 1.55. The fraction of sp³-hybridized carbons (Fsp3) is 0.438. The van der Waals surface area contributed by atoms with E-state index in [1.165, 1.54) is 0 Å². The van der Waals surface area contributed by atoms with Gasteiger partial charge in [-0.2, -0.15) is 0 Å².